The summed E-state index contributed by atoms with van der Waals surface area (Å²) in [6, 6.07) is 0. The molecule has 0 aromatic carbocycles. The lowest BCUT2D eigenvalue weighted by Crippen LogP contribution is -2.32. The van der Waals surface area contributed by atoms with E-state index in [4.69, 9.17) is 9.26 Å². The van der Waals surface area contributed by atoms with Crippen LogP contribution in [0.3, 0.4) is 0 Å². The zero-order valence-electron chi connectivity index (χ0n) is 11.3. The van der Waals surface area contributed by atoms with Gasteiger partial charge in [0.1, 0.15) is 0 Å². The number of hydrogen-bond acceptors (Lipinski definition) is 6. The maximum Gasteiger partial charge on any atom is 0.266 e. The number of rotatable bonds is 5. The van der Waals surface area contributed by atoms with Crippen molar-refractivity contribution in [3.63, 3.8) is 0 Å². The highest BCUT2D eigenvalue weighted by atomic mass is 16.5. The Kier molecular flexibility index (Phi) is 4.30. The largest absolute Gasteiger partial charge is 0.378 e. The summed E-state index contributed by atoms with van der Waals surface area (Å²) >= 11 is 0. The number of nitrogens with one attached hydrogen (secondary N) is 1. The fourth-order valence-corrected chi connectivity index (χ4v) is 2.67. The first kappa shape index (κ1) is 12.9. The van der Waals surface area contributed by atoms with Crippen molar-refractivity contribution < 1.29 is 9.26 Å². The Morgan fingerprint density at radius 3 is 2.84 bits per heavy atom. The minimum atomic E-state index is 0.391. The topological polar surface area (TPSA) is 63.4 Å². The summed E-state index contributed by atoms with van der Waals surface area (Å²) in [5.74, 6) is 1.44. The summed E-state index contributed by atoms with van der Waals surface area (Å²) in [5.41, 5.74) is 0. The van der Waals surface area contributed by atoms with Gasteiger partial charge in [0.25, 0.3) is 5.95 Å². The van der Waals surface area contributed by atoms with E-state index < -0.39 is 0 Å². The second-order valence-electron chi connectivity index (χ2n) is 5.25. The first-order valence-electron chi connectivity index (χ1n) is 7.32. The van der Waals surface area contributed by atoms with Gasteiger partial charge in [0.2, 0.25) is 5.89 Å². The van der Waals surface area contributed by atoms with Gasteiger partial charge >= 0.3 is 0 Å². The van der Waals surface area contributed by atoms with E-state index in [1.54, 1.807) is 0 Å². The Morgan fingerprint density at radius 2 is 2.05 bits per heavy atom. The predicted octanol–water partition coefficient (Wildman–Crippen LogP) is 0.981. The summed E-state index contributed by atoms with van der Waals surface area (Å²) in [7, 11) is 0. The Morgan fingerprint density at radius 1 is 1.26 bits per heavy atom. The maximum atomic E-state index is 5.84. The molecule has 0 spiro atoms. The zero-order chi connectivity index (χ0) is 12.9. The van der Waals surface area contributed by atoms with Gasteiger partial charge in [-0.15, -0.1) is 0 Å². The van der Waals surface area contributed by atoms with Gasteiger partial charge in [-0.1, -0.05) is 0 Å². The first-order chi connectivity index (χ1) is 9.42. The Bertz CT molecular complexity index is 384. The molecule has 106 valence electrons. The maximum absolute atomic E-state index is 5.84. The quantitative estimate of drug-likeness (QED) is 0.857. The van der Waals surface area contributed by atoms with Crippen LogP contribution < -0.4 is 10.2 Å². The summed E-state index contributed by atoms with van der Waals surface area (Å²) in [6.45, 7) is 4.88. The van der Waals surface area contributed by atoms with E-state index in [1.165, 1.54) is 12.8 Å². The van der Waals surface area contributed by atoms with Gasteiger partial charge in [-0.25, -0.2) is 0 Å². The second-order valence-corrected chi connectivity index (χ2v) is 5.25. The van der Waals surface area contributed by atoms with E-state index in [0.29, 0.717) is 25.0 Å². The van der Waals surface area contributed by atoms with Gasteiger partial charge in [-0.2, -0.15) is 4.98 Å². The molecular formula is C13H22N4O2. The van der Waals surface area contributed by atoms with Gasteiger partial charge in [0.05, 0.1) is 19.1 Å². The molecule has 0 aliphatic carbocycles. The summed E-state index contributed by atoms with van der Waals surface area (Å²) in [4.78, 5) is 6.61. The lowest BCUT2D eigenvalue weighted by Gasteiger charge is -2.22. The van der Waals surface area contributed by atoms with Gasteiger partial charge in [-0.3, -0.25) is 0 Å². The molecule has 0 unspecified atom stereocenters. The predicted molar refractivity (Wildman–Crippen MR) is 71.3 cm³/mol. The van der Waals surface area contributed by atoms with Crippen molar-refractivity contribution in [2.45, 2.75) is 38.2 Å². The third-order valence-electron chi connectivity index (χ3n) is 3.80. The van der Waals surface area contributed by atoms with E-state index >= 15 is 0 Å². The van der Waals surface area contributed by atoms with Crippen molar-refractivity contribution in [1.29, 1.82) is 0 Å². The standard InChI is InChI=1S/C13H22N4O2/c1-2-9-17(8-1)13-15-12(19-16-13)5-10-18-11-3-6-14-7-4-11/h11,14H,1-10H2. The molecule has 3 rings (SSSR count). The summed E-state index contributed by atoms with van der Waals surface area (Å²) in [6.07, 6.45) is 5.75. The highest BCUT2D eigenvalue weighted by Crippen LogP contribution is 2.16. The number of nitrogens with zero attached hydrogens (tertiary/aromatic N) is 3. The number of piperidine rings is 1. The average molecular weight is 266 g/mol. The Hall–Kier alpha value is -1.14. The van der Waals surface area contributed by atoms with Gasteiger partial charge < -0.3 is 19.5 Å². The molecule has 1 aromatic rings. The van der Waals surface area contributed by atoms with Crippen molar-refractivity contribution in [1.82, 2.24) is 15.5 Å². The van der Waals surface area contributed by atoms with Crippen LogP contribution in [0.1, 0.15) is 31.6 Å². The minimum Gasteiger partial charge on any atom is -0.378 e. The van der Waals surface area contributed by atoms with Crippen LogP contribution in [0.2, 0.25) is 0 Å². The molecule has 2 fully saturated rings. The molecular weight excluding hydrogens is 244 g/mol. The second kappa shape index (κ2) is 6.34. The number of aromatic nitrogens is 2. The molecule has 0 amide bonds. The molecule has 6 heteroatoms. The monoisotopic (exact) mass is 266 g/mol. The Labute approximate surface area is 113 Å². The van der Waals surface area contributed by atoms with Crippen molar-refractivity contribution in [2.75, 3.05) is 37.7 Å². The molecule has 2 saturated heterocycles. The fourth-order valence-electron chi connectivity index (χ4n) is 2.67. The third kappa shape index (κ3) is 3.45. The van der Waals surface area contributed by atoms with Crippen molar-refractivity contribution in [3.05, 3.63) is 5.89 Å². The molecule has 0 radical (unpaired) electrons. The van der Waals surface area contributed by atoms with Crippen molar-refractivity contribution >= 4 is 5.95 Å². The fraction of sp³-hybridized carbons (Fsp3) is 0.846. The highest BCUT2D eigenvalue weighted by Gasteiger charge is 2.18. The lowest BCUT2D eigenvalue weighted by atomic mass is 10.1. The first-order valence-corrected chi connectivity index (χ1v) is 7.32. The summed E-state index contributed by atoms with van der Waals surface area (Å²) < 4.78 is 11.1. The third-order valence-corrected chi connectivity index (χ3v) is 3.80. The molecule has 3 heterocycles. The lowest BCUT2D eigenvalue weighted by molar-refractivity contribution is 0.0322. The molecule has 1 aromatic heterocycles. The van der Waals surface area contributed by atoms with Crippen LogP contribution in [0.4, 0.5) is 5.95 Å². The number of ether oxygens (including phenoxy) is 1. The number of anilines is 1. The molecule has 0 saturated carbocycles. The van der Waals surface area contributed by atoms with Crippen LogP contribution in [-0.4, -0.2) is 49.0 Å². The molecule has 0 bridgehead atoms. The molecule has 2 aliphatic rings. The van der Waals surface area contributed by atoms with Crippen molar-refractivity contribution in [3.8, 4) is 0 Å². The smallest absolute Gasteiger partial charge is 0.266 e. The molecule has 19 heavy (non-hydrogen) atoms. The zero-order valence-corrected chi connectivity index (χ0v) is 11.3. The van der Waals surface area contributed by atoms with Crippen molar-refractivity contribution in [2.24, 2.45) is 0 Å². The van der Waals surface area contributed by atoms with E-state index in [0.717, 1.165) is 45.0 Å². The minimum absolute atomic E-state index is 0.391. The molecule has 1 N–H and O–H groups in total. The molecule has 0 atom stereocenters. The summed E-state index contributed by atoms with van der Waals surface area (Å²) in [5, 5.41) is 7.37. The van der Waals surface area contributed by atoms with E-state index in [9.17, 15) is 0 Å². The Balaban J connectivity index is 1.42. The normalized spacial score (nSPS) is 21.2. The van der Waals surface area contributed by atoms with Crippen LogP contribution in [0.25, 0.3) is 0 Å². The molecule has 2 aliphatic heterocycles. The van der Waals surface area contributed by atoms with Crippen LogP contribution >= 0.6 is 0 Å². The highest BCUT2D eigenvalue weighted by molar-refractivity contribution is 5.28. The van der Waals surface area contributed by atoms with Crippen LogP contribution in [0.15, 0.2) is 4.52 Å². The van der Waals surface area contributed by atoms with E-state index in [2.05, 4.69) is 20.4 Å². The average Bonchev–Trinajstić information content (AvgIpc) is 3.10. The number of hydrogen-bond donors (Lipinski definition) is 1. The van der Waals surface area contributed by atoms with Gasteiger partial charge in [-0.05, 0) is 43.9 Å². The van der Waals surface area contributed by atoms with Crippen LogP contribution in [0.5, 0.6) is 0 Å². The van der Waals surface area contributed by atoms with E-state index in [1.807, 2.05) is 0 Å². The molecule has 6 nitrogen and oxygen atoms in total. The van der Waals surface area contributed by atoms with Crippen LogP contribution in [-0.2, 0) is 11.2 Å². The van der Waals surface area contributed by atoms with E-state index in [-0.39, 0.29) is 0 Å². The van der Waals surface area contributed by atoms with Crippen LogP contribution in [0, 0.1) is 0 Å². The van der Waals surface area contributed by atoms with Gasteiger partial charge in [0.15, 0.2) is 0 Å². The van der Waals surface area contributed by atoms with Gasteiger partial charge in [0, 0.05) is 13.1 Å². The SMILES string of the molecule is C1CCN(c2noc(CCOC3CCNCC3)n2)C1.